The van der Waals surface area contributed by atoms with E-state index >= 15 is 0 Å². The van der Waals surface area contributed by atoms with E-state index in [1.807, 2.05) is 24.3 Å². The number of benzene rings is 2. The third-order valence-electron chi connectivity index (χ3n) is 3.08. The van der Waals surface area contributed by atoms with Gasteiger partial charge in [0.1, 0.15) is 0 Å². The zero-order valence-electron chi connectivity index (χ0n) is 12.6. The molecule has 0 spiro atoms. The molecule has 0 aliphatic heterocycles. The van der Waals surface area contributed by atoms with Crippen molar-refractivity contribution in [2.45, 2.75) is 8.44 Å². The first-order chi connectivity index (χ1) is 11.2. The number of rotatable bonds is 8. The van der Waals surface area contributed by atoms with Gasteiger partial charge in [0, 0.05) is 0 Å². The molecule has 0 heterocycles. The molecule has 0 aromatic heterocycles. The Balaban J connectivity index is 2.13. The second-order valence-corrected chi connectivity index (χ2v) is 9.18. The van der Waals surface area contributed by atoms with Gasteiger partial charge >= 0.3 is 163 Å². The molecular weight excluding hydrogens is 411 g/mol. The molecule has 0 saturated heterocycles. The standard InChI is InChI=1S/2C8H9OS2.Ni/c2*1-9-8-4-2-7(3-5-8)6-11-10;/h2*2-6,10H,1H3;. The van der Waals surface area contributed by atoms with Gasteiger partial charge in [0.25, 0.3) is 0 Å². The van der Waals surface area contributed by atoms with Gasteiger partial charge in [-0.05, 0) is 0 Å². The quantitative estimate of drug-likeness (QED) is 0.321. The number of hydrogen-bond acceptors (Lipinski definition) is 6. The molecule has 2 atom stereocenters. The average Bonchev–Trinajstić information content (AvgIpc) is 2.63. The molecule has 128 valence electrons. The van der Waals surface area contributed by atoms with Crippen LogP contribution in [0.5, 0.6) is 11.5 Å². The summed E-state index contributed by atoms with van der Waals surface area (Å²) in [5.41, 5.74) is 2.43. The van der Waals surface area contributed by atoms with E-state index in [-0.39, 0.29) is 8.44 Å². The molecule has 23 heavy (non-hydrogen) atoms. The molecule has 0 radical (unpaired) electrons. The summed E-state index contributed by atoms with van der Waals surface area (Å²) in [6, 6.07) is 16.2. The molecule has 0 amide bonds. The van der Waals surface area contributed by atoms with Gasteiger partial charge in [-0.3, -0.25) is 0 Å². The third-order valence-corrected chi connectivity index (χ3v) is 8.84. The normalized spacial score (nSPS) is 13.6. The Bertz CT molecular complexity index is 539. The van der Waals surface area contributed by atoms with Gasteiger partial charge in [-0.15, -0.1) is 0 Å². The van der Waals surface area contributed by atoms with E-state index in [1.54, 1.807) is 28.7 Å². The van der Waals surface area contributed by atoms with Gasteiger partial charge in [0.15, 0.2) is 0 Å². The Labute approximate surface area is 161 Å². The van der Waals surface area contributed by atoms with Crippen LogP contribution in [0, 0.1) is 0 Å². The molecule has 0 saturated carbocycles. The molecule has 2 unspecified atom stereocenters. The van der Waals surface area contributed by atoms with Gasteiger partial charge in [-0.25, -0.2) is 0 Å². The summed E-state index contributed by atoms with van der Waals surface area (Å²) in [5.74, 6) is 1.72. The van der Waals surface area contributed by atoms with Crippen LogP contribution in [0.2, 0.25) is 0 Å². The summed E-state index contributed by atoms with van der Waals surface area (Å²) in [7, 11) is 6.42. The van der Waals surface area contributed by atoms with Crippen molar-refractivity contribution < 1.29 is 23.9 Å². The molecule has 2 aromatic rings. The average molecular weight is 429 g/mol. The van der Waals surface area contributed by atoms with Gasteiger partial charge in [0.05, 0.1) is 0 Å². The van der Waals surface area contributed by atoms with Gasteiger partial charge < -0.3 is 0 Å². The maximum atomic E-state index is 5.22. The van der Waals surface area contributed by atoms with Crippen LogP contribution in [0.1, 0.15) is 19.6 Å². The molecule has 2 aromatic carbocycles. The van der Waals surface area contributed by atoms with Crippen molar-refractivity contribution in [2.75, 3.05) is 14.2 Å². The first kappa shape index (κ1) is 19.3. The van der Waals surface area contributed by atoms with Crippen LogP contribution in [0.25, 0.3) is 0 Å². The van der Waals surface area contributed by atoms with Crippen LogP contribution in [-0.2, 0) is 14.4 Å². The Hall–Kier alpha value is -0.0665. The fourth-order valence-electron chi connectivity index (χ4n) is 1.86. The summed E-state index contributed by atoms with van der Waals surface area (Å²) < 4.78 is 10.9. The van der Waals surface area contributed by atoms with Crippen LogP contribution >= 0.6 is 44.9 Å². The number of methoxy groups -OCH3 is 2. The second kappa shape index (κ2) is 10.0. The number of thiol groups is 2. The van der Waals surface area contributed by atoms with Crippen LogP contribution in [0.3, 0.4) is 0 Å². The Morgan fingerprint density at radius 2 is 1.09 bits per heavy atom. The van der Waals surface area contributed by atoms with E-state index in [9.17, 15) is 0 Å². The fraction of sp³-hybridized carbons (Fsp3) is 0.250. The Morgan fingerprint density at radius 3 is 1.35 bits per heavy atom. The van der Waals surface area contributed by atoms with Crippen molar-refractivity contribution in [3.05, 3.63) is 59.7 Å². The summed E-state index contributed by atoms with van der Waals surface area (Å²) in [6.07, 6.45) is 0. The minimum absolute atomic E-state index is 0.225. The van der Waals surface area contributed by atoms with Crippen LogP contribution in [0.15, 0.2) is 48.5 Å². The van der Waals surface area contributed by atoms with E-state index in [0.29, 0.717) is 0 Å². The van der Waals surface area contributed by atoms with Crippen molar-refractivity contribution in [3.63, 3.8) is 0 Å². The molecule has 0 fully saturated rings. The van der Waals surface area contributed by atoms with E-state index < -0.39 is 0 Å². The topological polar surface area (TPSA) is 18.5 Å². The monoisotopic (exact) mass is 428 g/mol. The first-order valence-electron chi connectivity index (χ1n) is 6.65. The Kier molecular flexibility index (Phi) is 8.41. The molecule has 0 aliphatic carbocycles. The summed E-state index contributed by atoms with van der Waals surface area (Å²) in [5, 5.41) is 0. The molecular formula is C16H18NiO2S4. The van der Waals surface area contributed by atoms with E-state index in [4.69, 9.17) is 9.47 Å². The SMILES string of the molecule is COc1ccc([CH](SS)[Ni][CH](SS)c2ccc(OC)cc2)cc1. The second-order valence-electron chi connectivity index (χ2n) is 4.43. The predicted molar refractivity (Wildman–Crippen MR) is 105 cm³/mol. The molecule has 0 bridgehead atoms. The zero-order valence-corrected chi connectivity index (χ0v) is 17.0. The van der Waals surface area contributed by atoms with E-state index in [0.717, 1.165) is 11.5 Å². The number of hydrogen-bond donors (Lipinski definition) is 2. The Morgan fingerprint density at radius 1 is 0.739 bits per heavy atom. The van der Waals surface area contributed by atoms with Crippen molar-refractivity contribution in [1.29, 1.82) is 0 Å². The van der Waals surface area contributed by atoms with Crippen molar-refractivity contribution in [1.82, 2.24) is 0 Å². The molecule has 2 rings (SSSR count). The summed E-state index contributed by atoms with van der Waals surface area (Å²) in [6.45, 7) is 0. The molecule has 2 nitrogen and oxygen atoms in total. The zero-order chi connectivity index (χ0) is 16.7. The van der Waals surface area contributed by atoms with Crippen LogP contribution in [-0.4, -0.2) is 14.2 Å². The van der Waals surface area contributed by atoms with E-state index in [2.05, 4.69) is 47.6 Å². The van der Waals surface area contributed by atoms with Gasteiger partial charge in [-0.2, -0.15) is 0 Å². The van der Waals surface area contributed by atoms with E-state index in [1.165, 1.54) is 32.7 Å². The molecule has 7 heteroatoms. The number of ether oxygens (including phenoxy) is 2. The third kappa shape index (κ3) is 5.47. The molecule has 0 aliphatic rings. The summed E-state index contributed by atoms with van der Waals surface area (Å²) in [4.78, 5) is 0. The maximum absolute atomic E-state index is 5.22. The van der Waals surface area contributed by atoms with Crippen molar-refractivity contribution in [3.8, 4) is 11.5 Å². The predicted octanol–water partition coefficient (Wildman–Crippen LogP) is 5.64. The summed E-state index contributed by atoms with van der Waals surface area (Å²) >= 11 is 10.5. The fourth-order valence-corrected chi connectivity index (χ4v) is 6.50. The van der Waals surface area contributed by atoms with Gasteiger partial charge in [-0.1, -0.05) is 0 Å². The first-order valence-corrected chi connectivity index (χ1v) is 11.7. The molecule has 0 N–H and O–H groups in total. The minimum atomic E-state index is 0.225. The van der Waals surface area contributed by atoms with Crippen molar-refractivity contribution >= 4 is 44.9 Å². The van der Waals surface area contributed by atoms with Gasteiger partial charge in [0.2, 0.25) is 0 Å². The van der Waals surface area contributed by atoms with Crippen LogP contribution < -0.4 is 9.47 Å². The van der Waals surface area contributed by atoms with Crippen LogP contribution in [0.4, 0.5) is 0 Å². The van der Waals surface area contributed by atoms with Crippen molar-refractivity contribution in [2.24, 2.45) is 0 Å².